The monoisotopic (exact) mass is 402 g/mol. The Morgan fingerprint density at radius 2 is 1.97 bits per heavy atom. The Hall–Kier alpha value is -3.45. The van der Waals surface area contributed by atoms with Gasteiger partial charge in [0.05, 0.1) is 12.2 Å². The van der Waals surface area contributed by atoms with Gasteiger partial charge >= 0.3 is 0 Å². The second-order valence-electron chi connectivity index (χ2n) is 6.91. The van der Waals surface area contributed by atoms with Crippen molar-refractivity contribution in [2.24, 2.45) is 0 Å². The fraction of sp³-hybridized carbons (Fsp3) is 0.136. The molecule has 0 saturated heterocycles. The van der Waals surface area contributed by atoms with Crippen LogP contribution in [-0.4, -0.2) is 21.8 Å². The third-order valence-corrected chi connectivity index (χ3v) is 5.85. The molecular weight excluding hydrogens is 384 g/mol. The normalized spacial score (nSPS) is 12.9. The highest BCUT2D eigenvalue weighted by Gasteiger charge is 2.24. The van der Waals surface area contributed by atoms with Gasteiger partial charge in [-0.15, -0.1) is 11.3 Å². The zero-order chi connectivity index (χ0) is 19.8. The predicted molar refractivity (Wildman–Crippen MR) is 115 cm³/mol. The van der Waals surface area contributed by atoms with Crippen molar-refractivity contribution in [3.8, 4) is 0 Å². The number of fused-ring (bicyclic) bond motifs is 2. The number of thiazole rings is 1. The fourth-order valence-electron chi connectivity index (χ4n) is 3.61. The number of hydrogen-bond donors (Lipinski definition) is 1. The molecule has 2 aromatic carbocycles. The lowest BCUT2D eigenvalue weighted by atomic mass is 10.1. The molecule has 2 aromatic heterocycles. The van der Waals surface area contributed by atoms with Crippen LogP contribution in [0, 0.1) is 0 Å². The number of para-hydroxylation sites is 1. The molecule has 1 amide bonds. The number of hydrogen-bond acceptors (Lipinski definition) is 5. The Morgan fingerprint density at radius 3 is 2.83 bits per heavy atom. The van der Waals surface area contributed by atoms with Gasteiger partial charge in [0, 0.05) is 41.1 Å². The number of carbonyl (C=O) groups excluding carboxylic acids is 1. The first-order chi connectivity index (χ1) is 14.2. The Morgan fingerprint density at radius 1 is 1.14 bits per heavy atom. The summed E-state index contributed by atoms with van der Waals surface area (Å²) in [4.78, 5) is 32.0. The van der Waals surface area contributed by atoms with E-state index in [1.54, 1.807) is 6.20 Å². The number of aromatic nitrogens is 2. The average Bonchev–Trinajstić information content (AvgIpc) is 3.39. The number of anilines is 2. The summed E-state index contributed by atoms with van der Waals surface area (Å²) < 4.78 is 1.53. The molecule has 5 rings (SSSR count). The number of amides is 1. The van der Waals surface area contributed by atoms with E-state index in [1.165, 1.54) is 27.4 Å². The molecule has 7 heteroatoms. The molecule has 6 nitrogen and oxygen atoms in total. The number of nitrogens with zero attached hydrogens (tertiary/aromatic N) is 3. The zero-order valence-electron chi connectivity index (χ0n) is 15.5. The maximum Gasteiger partial charge on any atom is 0.258 e. The van der Waals surface area contributed by atoms with Crippen molar-refractivity contribution in [2.75, 3.05) is 16.8 Å². The Kier molecular flexibility index (Phi) is 4.37. The van der Waals surface area contributed by atoms with Gasteiger partial charge < -0.3 is 10.2 Å². The van der Waals surface area contributed by atoms with Crippen molar-refractivity contribution >= 4 is 33.6 Å². The summed E-state index contributed by atoms with van der Waals surface area (Å²) in [6.07, 6.45) is 2.62. The van der Waals surface area contributed by atoms with Crippen LogP contribution < -0.4 is 15.8 Å². The second-order valence-corrected chi connectivity index (χ2v) is 7.78. The minimum Gasteiger partial charge on any atom is -0.379 e. The van der Waals surface area contributed by atoms with Gasteiger partial charge in [-0.1, -0.05) is 18.2 Å². The van der Waals surface area contributed by atoms with Gasteiger partial charge in [-0.25, -0.2) is 4.98 Å². The summed E-state index contributed by atoms with van der Waals surface area (Å²) in [7, 11) is 0. The summed E-state index contributed by atoms with van der Waals surface area (Å²) in [6.45, 7) is 1.15. The minimum atomic E-state index is -0.0834. The third-order valence-electron chi connectivity index (χ3n) is 5.09. The summed E-state index contributed by atoms with van der Waals surface area (Å²) in [5.74, 6) is 0.0133. The van der Waals surface area contributed by atoms with Crippen molar-refractivity contribution in [1.82, 2.24) is 9.38 Å². The van der Waals surface area contributed by atoms with Gasteiger partial charge in [-0.2, -0.15) is 0 Å². The van der Waals surface area contributed by atoms with Crippen LogP contribution in [-0.2, 0) is 13.0 Å². The summed E-state index contributed by atoms with van der Waals surface area (Å²) in [5.41, 5.74) is 4.35. The van der Waals surface area contributed by atoms with E-state index in [0.29, 0.717) is 29.3 Å². The molecular formula is C22H18N4O2S. The molecule has 0 unspecified atom stereocenters. The Labute approximate surface area is 171 Å². The third kappa shape index (κ3) is 3.30. The van der Waals surface area contributed by atoms with E-state index in [1.807, 2.05) is 52.7 Å². The summed E-state index contributed by atoms with van der Waals surface area (Å²) in [6, 6.07) is 17.0. The number of benzene rings is 2. The SMILES string of the molecule is O=C(c1ccc(NCc2cc(=O)n3ccsc3n2)cc1)N1CCc2ccccc21. The van der Waals surface area contributed by atoms with E-state index < -0.39 is 0 Å². The van der Waals surface area contributed by atoms with Gasteiger partial charge in [0.1, 0.15) is 0 Å². The quantitative estimate of drug-likeness (QED) is 0.567. The van der Waals surface area contributed by atoms with Gasteiger partial charge in [-0.05, 0) is 42.3 Å². The van der Waals surface area contributed by atoms with Crippen LogP contribution in [0.15, 0.2) is 71.0 Å². The van der Waals surface area contributed by atoms with E-state index in [0.717, 1.165) is 17.8 Å². The molecule has 1 N–H and O–H groups in total. The molecule has 0 saturated carbocycles. The predicted octanol–water partition coefficient (Wildman–Crippen LogP) is 3.57. The van der Waals surface area contributed by atoms with Gasteiger partial charge in [0.2, 0.25) is 0 Å². The average molecular weight is 402 g/mol. The van der Waals surface area contributed by atoms with Crippen molar-refractivity contribution in [3.63, 3.8) is 0 Å². The van der Waals surface area contributed by atoms with E-state index in [9.17, 15) is 9.59 Å². The molecule has 1 aliphatic rings. The molecule has 0 spiro atoms. The fourth-order valence-corrected chi connectivity index (χ4v) is 4.35. The molecule has 0 fully saturated rings. The lowest BCUT2D eigenvalue weighted by Crippen LogP contribution is -2.28. The largest absolute Gasteiger partial charge is 0.379 e. The topological polar surface area (TPSA) is 66.7 Å². The minimum absolute atomic E-state index is 0.0133. The van der Waals surface area contributed by atoms with Crippen molar-refractivity contribution in [1.29, 1.82) is 0 Å². The first-order valence-electron chi connectivity index (χ1n) is 9.38. The first-order valence-corrected chi connectivity index (χ1v) is 10.3. The second kappa shape index (κ2) is 7.18. The highest BCUT2D eigenvalue weighted by molar-refractivity contribution is 7.15. The number of rotatable bonds is 4. The molecule has 144 valence electrons. The number of carbonyl (C=O) groups is 1. The van der Waals surface area contributed by atoms with Crippen molar-refractivity contribution in [2.45, 2.75) is 13.0 Å². The molecule has 0 bridgehead atoms. The van der Waals surface area contributed by atoms with E-state index in [-0.39, 0.29) is 11.5 Å². The van der Waals surface area contributed by atoms with Crippen LogP contribution >= 0.6 is 11.3 Å². The van der Waals surface area contributed by atoms with Crippen molar-refractivity contribution < 1.29 is 4.79 Å². The van der Waals surface area contributed by atoms with Crippen LogP contribution in [0.25, 0.3) is 4.96 Å². The summed E-state index contributed by atoms with van der Waals surface area (Å²) >= 11 is 1.43. The lowest BCUT2D eigenvalue weighted by Gasteiger charge is -2.17. The lowest BCUT2D eigenvalue weighted by molar-refractivity contribution is 0.0989. The molecule has 4 aromatic rings. The van der Waals surface area contributed by atoms with Crippen LogP contribution in [0.1, 0.15) is 21.6 Å². The molecule has 0 radical (unpaired) electrons. The van der Waals surface area contributed by atoms with Gasteiger partial charge in [-0.3, -0.25) is 14.0 Å². The van der Waals surface area contributed by atoms with E-state index in [4.69, 9.17) is 0 Å². The molecule has 1 aliphatic heterocycles. The van der Waals surface area contributed by atoms with Gasteiger partial charge in [0.25, 0.3) is 11.5 Å². The maximum atomic E-state index is 12.9. The highest BCUT2D eigenvalue weighted by atomic mass is 32.1. The van der Waals surface area contributed by atoms with Crippen molar-refractivity contribution in [3.05, 3.63) is 93.3 Å². The van der Waals surface area contributed by atoms with Crippen LogP contribution in [0.3, 0.4) is 0 Å². The molecule has 29 heavy (non-hydrogen) atoms. The molecule has 0 atom stereocenters. The Balaban J connectivity index is 1.29. The van der Waals surface area contributed by atoms with Crippen LogP contribution in [0.5, 0.6) is 0 Å². The van der Waals surface area contributed by atoms with Gasteiger partial charge in [0.15, 0.2) is 4.96 Å². The smallest absolute Gasteiger partial charge is 0.258 e. The molecule has 0 aliphatic carbocycles. The Bertz CT molecular complexity index is 1260. The zero-order valence-corrected chi connectivity index (χ0v) is 16.4. The van der Waals surface area contributed by atoms with Crippen LogP contribution in [0.4, 0.5) is 11.4 Å². The van der Waals surface area contributed by atoms with Crippen LogP contribution in [0.2, 0.25) is 0 Å². The number of nitrogens with one attached hydrogen (secondary N) is 1. The summed E-state index contributed by atoms with van der Waals surface area (Å²) in [5, 5.41) is 5.11. The standard InChI is InChI=1S/C22H18N4O2S/c27-20-13-18(24-22-26(20)11-12-29-22)14-23-17-7-5-16(6-8-17)21(28)25-10-9-15-3-1-2-4-19(15)25/h1-8,11-13,23H,9-10,14H2. The highest BCUT2D eigenvalue weighted by Crippen LogP contribution is 2.29. The van der Waals surface area contributed by atoms with E-state index >= 15 is 0 Å². The maximum absolute atomic E-state index is 12.9. The molecule has 3 heterocycles. The van der Waals surface area contributed by atoms with E-state index in [2.05, 4.69) is 16.4 Å². The first kappa shape index (κ1) is 17.6.